The Kier molecular flexibility index (Phi) is 3.56. The van der Waals surface area contributed by atoms with E-state index in [1.54, 1.807) is 6.07 Å². The summed E-state index contributed by atoms with van der Waals surface area (Å²) in [5.74, 6) is 0.521. The average molecular weight is 299 g/mol. The van der Waals surface area contributed by atoms with Crippen molar-refractivity contribution in [2.45, 2.75) is 19.4 Å². The fourth-order valence-corrected chi connectivity index (χ4v) is 2.94. The van der Waals surface area contributed by atoms with E-state index in [4.69, 9.17) is 28.9 Å². The van der Waals surface area contributed by atoms with Gasteiger partial charge < -0.3 is 15.2 Å². The van der Waals surface area contributed by atoms with Gasteiger partial charge >= 0.3 is 0 Å². The molecule has 19 heavy (non-hydrogen) atoms. The van der Waals surface area contributed by atoms with Crippen molar-refractivity contribution < 1.29 is 0 Å². The van der Waals surface area contributed by atoms with Gasteiger partial charge in [-0.3, -0.25) is 0 Å². The lowest BCUT2D eigenvalue weighted by Crippen LogP contribution is -2.24. The molecule has 2 aromatic rings. The van der Waals surface area contributed by atoms with Crippen molar-refractivity contribution in [1.82, 2.24) is 14.5 Å². The van der Waals surface area contributed by atoms with E-state index in [0.717, 1.165) is 24.1 Å². The van der Waals surface area contributed by atoms with Crippen molar-refractivity contribution in [2.75, 3.05) is 25.4 Å². The predicted octanol–water partition coefficient (Wildman–Crippen LogP) is 3.02. The van der Waals surface area contributed by atoms with Crippen molar-refractivity contribution in [3.05, 3.63) is 22.2 Å². The molecule has 2 N–H and O–H groups in total. The van der Waals surface area contributed by atoms with Crippen LogP contribution in [-0.4, -0.2) is 34.1 Å². The minimum Gasteiger partial charge on any atom is -0.369 e. The molecule has 0 saturated carbocycles. The molecule has 0 spiro atoms. The van der Waals surface area contributed by atoms with Crippen LogP contribution >= 0.6 is 23.2 Å². The summed E-state index contributed by atoms with van der Waals surface area (Å²) in [5.41, 5.74) is 7.73. The molecular weight excluding hydrogens is 283 g/mol. The molecule has 0 unspecified atom stereocenters. The fourth-order valence-electron chi connectivity index (χ4n) is 2.62. The van der Waals surface area contributed by atoms with Crippen LogP contribution in [0.4, 0.5) is 5.95 Å². The first kappa shape index (κ1) is 13.0. The number of nitrogens with zero attached hydrogens (tertiary/aromatic N) is 3. The highest BCUT2D eigenvalue weighted by molar-refractivity contribution is 6.42. The smallest absolute Gasteiger partial charge is 0.201 e. The van der Waals surface area contributed by atoms with Gasteiger partial charge in [0, 0.05) is 13.1 Å². The third kappa shape index (κ3) is 2.53. The van der Waals surface area contributed by atoms with Gasteiger partial charge in [-0.25, -0.2) is 4.98 Å². The largest absolute Gasteiger partial charge is 0.369 e. The zero-order chi connectivity index (χ0) is 13.4. The summed E-state index contributed by atoms with van der Waals surface area (Å²) in [6.07, 6.45) is 2.59. The molecule has 0 aliphatic carbocycles. The summed E-state index contributed by atoms with van der Waals surface area (Å²) in [4.78, 5) is 6.79. The first-order valence-corrected chi connectivity index (χ1v) is 7.24. The van der Waals surface area contributed by atoms with Crippen LogP contribution in [0.5, 0.6) is 0 Å². The molecule has 4 nitrogen and oxygen atoms in total. The normalized spacial score (nSPS) is 16.5. The van der Waals surface area contributed by atoms with Gasteiger partial charge in [0.15, 0.2) is 0 Å². The number of likely N-dealkylation sites (tertiary alicyclic amines) is 1. The van der Waals surface area contributed by atoms with E-state index in [2.05, 4.69) is 9.88 Å². The molecule has 2 heterocycles. The lowest BCUT2D eigenvalue weighted by atomic mass is 10.3. The van der Waals surface area contributed by atoms with Gasteiger partial charge in [0.25, 0.3) is 0 Å². The molecule has 0 atom stereocenters. The third-order valence-electron chi connectivity index (χ3n) is 3.66. The summed E-state index contributed by atoms with van der Waals surface area (Å²) >= 11 is 12.1. The Bertz CT molecular complexity index is 602. The number of hydrogen-bond acceptors (Lipinski definition) is 3. The lowest BCUT2D eigenvalue weighted by molar-refractivity contribution is 0.325. The van der Waals surface area contributed by atoms with Crippen LogP contribution in [-0.2, 0) is 6.54 Å². The second kappa shape index (κ2) is 5.19. The standard InChI is InChI=1S/C13H16Cl2N4/c14-9-7-11-12(8-10(9)15)19(13(16)17-11)6-5-18-3-1-2-4-18/h7-8H,1-6H2,(H2,16,17). The van der Waals surface area contributed by atoms with Crippen molar-refractivity contribution in [1.29, 1.82) is 0 Å². The van der Waals surface area contributed by atoms with E-state index < -0.39 is 0 Å². The highest BCUT2D eigenvalue weighted by Crippen LogP contribution is 2.29. The number of nitrogen functional groups attached to an aromatic ring is 1. The van der Waals surface area contributed by atoms with Crippen molar-refractivity contribution >= 4 is 40.2 Å². The van der Waals surface area contributed by atoms with Crippen LogP contribution in [0.3, 0.4) is 0 Å². The Morgan fingerprint density at radius 2 is 1.79 bits per heavy atom. The van der Waals surface area contributed by atoms with Crippen molar-refractivity contribution in [2.24, 2.45) is 0 Å². The van der Waals surface area contributed by atoms with Crippen LogP contribution in [0.25, 0.3) is 11.0 Å². The summed E-state index contributed by atoms with van der Waals surface area (Å²) in [5, 5.41) is 1.05. The molecule has 1 fully saturated rings. The molecule has 1 aromatic heterocycles. The Morgan fingerprint density at radius 3 is 2.53 bits per heavy atom. The highest BCUT2D eigenvalue weighted by atomic mass is 35.5. The minimum atomic E-state index is 0.512. The van der Waals surface area contributed by atoms with E-state index >= 15 is 0 Å². The van der Waals surface area contributed by atoms with Gasteiger partial charge in [0.1, 0.15) is 0 Å². The number of anilines is 1. The van der Waals surface area contributed by atoms with E-state index in [0.29, 0.717) is 16.0 Å². The quantitative estimate of drug-likeness (QED) is 0.947. The van der Waals surface area contributed by atoms with Crippen LogP contribution in [0, 0.1) is 0 Å². The molecule has 1 aliphatic heterocycles. The van der Waals surface area contributed by atoms with E-state index in [1.165, 1.54) is 25.9 Å². The average Bonchev–Trinajstić information content (AvgIpc) is 2.96. The monoisotopic (exact) mass is 298 g/mol. The van der Waals surface area contributed by atoms with Gasteiger partial charge in [-0.05, 0) is 38.1 Å². The van der Waals surface area contributed by atoms with Crippen LogP contribution in [0.1, 0.15) is 12.8 Å². The zero-order valence-electron chi connectivity index (χ0n) is 10.6. The number of halogens is 2. The molecule has 1 aliphatic rings. The Hall–Kier alpha value is -0.970. The second-order valence-corrected chi connectivity index (χ2v) is 5.74. The molecular formula is C13H16Cl2N4. The topological polar surface area (TPSA) is 47.1 Å². The SMILES string of the molecule is Nc1nc2cc(Cl)c(Cl)cc2n1CCN1CCCC1. The summed E-state index contributed by atoms with van der Waals surface area (Å²) in [6.45, 7) is 4.19. The number of imidazole rings is 1. The zero-order valence-corrected chi connectivity index (χ0v) is 12.1. The second-order valence-electron chi connectivity index (χ2n) is 4.93. The number of rotatable bonds is 3. The number of aromatic nitrogens is 2. The molecule has 0 radical (unpaired) electrons. The van der Waals surface area contributed by atoms with Gasteiger partial charge in [-0.15, -0.1) is 0 Å². The fraction of sp³-hybridized carbons (Fsp3) is 0.462. The molecule has 102 valence electrons. The van der Waals surface area contributed by atoms with Gasteiger partial charge in [0.2, 0.25) is 5.95 Å². The Morgan fingerprint density at radius 1 is 1.11 bits per heavy atom. The van der Waals surface area contributed by atoms with E-state index in [9.17, 15) is 0 Å². The minimum absolute atomic E-state index is 0.512. The Labute approximate surface area is 122 Å². The number of fused-ring (bicyclic) bond motifs is 1. The first-order chi connectivity index (χ1) is 9.15. The molecule has 1 saturated heterocycles. The highest BCUT2D eigenvalue weighted by Gasteiger charge is 2.14. The number of benzene rings is 1. The number of hydrogen-bond donors (Lipinski definition) is 1. The third-order valence-corrected chi connectivity index (χ3v) is 4.38. The summed E-state index contributed by atoms with van der Waals surface area (Å²) in [7, 11) is 0. The molecule has 6 heteroatoms. The first-order valence-electron chi connectivity index (χ1n) is 6.48. The van der Waals surface area contributed by atoms with Crippen LogP contribution in [0.2, 0.25) is 10.0 Å². The lowest BCUT2D eigenvalue weighted by Gasteiger charge is -2.15. The molecule has 0 bridgehead atoms. The number of nitrogens with two attached hydrogens (primary N) is 1. The Balaban J connectivity index is 1.89. The van der Waals surface area contributed by atoms with Crippen molar-refractivity contribution in [3.63, 3.8) is 0 Å². The van der Waals surface area contributed by atoms with Gasteiger partial charge in [-0.2, -0.15) is 0 Å². The van der Waals surface area contributed by atoms with Crippen LogP contribution < -0.4 is 5.73 Å². The maximum Gasteiger partial charge on any atom is 0.201 e. The molecule has 3 rings (SSSR count). The maximum absolute atomic E-state index is 6.07. The van der Waals surface area contributed by atoms with E-state index in [-0.39, 0.29) is 0 Å². The van der Waals surface area contributed by atoms with Gasteiger partial charge in [0.05, 0.1) is 21.1 Å². The van der Waals surface area contributed by atoms with Crippen molar-refractivity contribution in [3.8, 4) is 0 Å². The summed E-state index contributed by atoms with van der Waals surface area (Å²) in [6, 6.07) is 3.61. The predicted molar refractivity (Wildman–Crippen MR) is 79.8 cm³/mol. The van der Waals surface area contributed by atoms with E-state index in [1.807, 2.05) is 10.6 Å². The molecule has 0 amide bonds. The maximum atomic E-state index is 6.07. The molecule has 1 aromatic carbocycles. The summed E-state index contributed by atoms with van der Waals surface area (Å²) < 4.78 is 2.01. The van der Waals surface area contributed by atoms with Crippen LogP contribution in [0.15, 0.2) is 12.1 Å². The van der Waals surface area contributed by atoms with Gasteiger partial charge in [-0.1, -0.05) is 23.2 Å².